The molecule has 2 atom stereocenters. The monoisotopic (exact) mass is 236 g/mol. The van der Waals surface area contributed by atoms with Crippen molar-refractivity contribution in [2.45, 2.75) is 69.9 Å². The fourth-order valence-corrected chi connectivity index (χ4v) is 3.97. The number of amides is 1. The second-order valence-electron chi connectivity index (χ2n) is 6.22. The highest BCUT2D eigenvalue weighted by Crippen LogP contribution is 2.51. The Bertz CT molecular complexity index is 287. The first-order valence-corrected chi connectivity index (χ1v) is 7.31. The Morgan fingerprint density at radius 2 is 1.94 bits per heavy atom. The van der Waals surface area contributed by atoms with Gasteiger partial charge >= 0.3 is 0 Å². The molecule has 3 rings (SSSR count). The van der Waals surface area contributed by atoms with Crippen LogP contribution in [-0.2, 0) is 4.79 Å². The second-order valence-corrected chi connectivity index (χ2v) is 6.22. The summed E-state index contributed by atoms with van der Waals surface area (Å²) in [6.07, 6.45) is 11.7. The summed E-state index contributed by atoms with van der Waals surface area (Å²) in [5, 5.41) is 6.80. The highest BCUT2D eigenvalue weighted by Gasteiger charge is 2.47. The summed E-state index contributed by atoms with van der Waals surface area (Å²) in [7, 11) is 0. The van der Waals surface area contributed by atoms with Crippen molar-refractivity contribution in [3.8, 4) is 0 Å². The van der Waals surface area contributed by atoms with E-state index in [-0.39, 0.29) is 5.91 Å². The van der Waals surface area contributed by atoms with E-state index in [1.54, 1.807) is 0 Å². The topological polar surface area (TPSA) is 41.1 Å². The largest absolute Gasteiger partial charge is 0.355 e. The van der Waals surface area contributed by atoms with E-state index in [1.165, 1.54) is 44.9 Å². The first-order chi connectivity index (χ1) is 8.28. The van der Waals surface area contributed by atoms with Gasteiger partial charge in [0.2, 0.25) is 5.91 Å². The predicted molar refractivity (Wildman–Crippen MR) is 67.7 cm³/mol. The highest BCUT2D eigenvalue weighted by molar-refractivity contribution is 5.76. The minimum atomic E-state index is 0.226. The van der Waals surface area contributed by atoms with Crippen LogP contribution in [0.1, 0.15) is 57.8 Å². The van der Waals surface area contributed by atoms with Gasteiger partial charge in [-0.2, -0.15) is 0 Å². The van der Waals surface area contributed by atoms with Gasteiger partial charge in [0.15, 0.2) is 0 Å². The third-order valence-electron chi connectivity index (χ3n) is 5.22. The third kappa shape index (κ3) is 2.22. The Morgan fingerprint density at radius 1 is 1.12 bits per heavy atom. The minimum Gasteiger partial charge on any atom is -0.355 e. The predicted octanol–water partition coefficient (Wildman–Crippen LogP) is 1.97. The van der Waals surface area contributed by atoms with Gasteiger partial charge in [-0.15, -0.1) is 0 Å². The Hall–Kier alpha value is -0.570. The van der Waals surface area contributed by atoms with Crippen LogP contribution in [0.15, 0.2) is 0 Å². The van der Waals surface area contributed by atoms with Crippen molar-refractivity contribution in [3.05, 3.63) is 0 Å². The van der Waals surface area contributed by atoms with Crippen molar-refractivity contribution in [3.63, 3.8) is 0 Å². The molecule has 2 N–H and O–H groups in total. The number of rotatable bonds is 2. The molecule has 1 amide bonds. The van der Waals surface area contributed by atoms with E-state index in [0.29, 0.717) is 17.9 Å². The molecule has 96 valence electrons. The van der Waals surface area contributed by atoms with E-state index < -0.39 is 0 Å². The van der Waals surface area contributed by atoms with E-state index >= 15 is 0 Å². The standard InChI is InChI=1S/C14H24N2O/c17-13-5-4-11(10-15-13)16-12-6-9-14(12)7-2-1-3-8-14/h11-12,16H,1-10H2,(H,15,17). The van der Waals surface area contributed by atoms with Gasteiger partial charge in [-0.1, -0.05) is 19.3 Å². The maximum atomic E-state index is 11.1. The van der Waals surface area contributed by atoms with Crippen molar-refractivity contribution in [1.29, 1.82) is 0 Å². The van der Waals surface area contributed by atoms with Crippen LogP contribution in [0.5, 0.6) is 0 Å². The van der Waals surface area contributed by atoms with Gasteiger partial charge < -0.3 is 10.6 Å². The van der Waals surface area contributed by atoms with Gasteiger partial charge in [0.05, 0.1) is 0 Å². The Morgan fingerprint density at radius 3 is 2.53 bits per heavy atom. The van der Waals surface area contributed by atoms with E-state index in [2.05, 4.69) is 10.6 Å². The number of hydrogen-bond acceptors (Lipinski definition) is 2. The van der Waals surface area contributed by atoms with Crippen molar-refractivity contribution in [1.82, 2.24) is 10.6 Å². The summed E-state index contributed by atoms with van der Waals surface area (Å²) in [6, 6.07) is 1.26. The first-order valence-electron chi connectivity index (χ1n) is 7.31. The fourth-order valence-electron chi connectivity index (χ4n) is 3.97. The highest BCUT2D eigenvalue weighted by atomic mass is 16.1. The zero-order chi connectivity index (χ0) is 11.7. The van der Waals surface area contributed by atoms with Gasteiger partial charge in [0.25, 0.3) is 0 Å². The van der Waals surface area contributed by atoms with Gasteiger partial charge in [0.1, 0.15) is 0 Å². The molecule has 1 aliphatic heterocycles. The number of hydrogen-bond donors (Lipinski definition) is 2. The summed E-state index contributed by atoms with van der Waals surface area (Å²) in [6.45, 7) is 0.839. The van der Waals surface area contributed by atoms with Gasteiger partial charge in [-0.05, 0) is 37.5 Å². The zero-order valence-electron chi connectivity index (χ0n) is 10.6. The van der Waals surface area contributed by atoms with E-state index in [4.69, 9.17) is 0 Å². The molecule has 0 aromatic heterocycles. The van der Waals surface area contributed by atoms with Crippen LogP contribution in [-0.4, -0.2) is 24.5 Å². The molecular formula is C14H24N2O. The Labute approximate surface area is 104 Å². The normalized spacial score (nSPS) is 36.4. The zero-order valence-corrected chi connectivity index (χ0v) is 10.6. The average Bonchev–Trinajstić information content (AvgIpc) is 2.38. The lowest BCUT2D eigenvalue weighted by atomic mass is 9.57. The lowest BCUT2D eigenvalue weighted by Crippen LogP contribution is -2.59. The number of nitrogens with one attached hydrogen (secondary N) is 2. The first kappa shape index (κ1) is 11.5. The molecule has 0 radical (unpaired) electrons. The van der Waals surface area contributed by atoms with Crippen LogP contribution in [0.25, 0.3) is 0 Å². The van der Waals surface area contributed by atoms with Crippen LogP contribution >= 0.6 is 0 Å². The molecule has 0 bridgehead atoms. The molecule has 1 saturated heterocycles. The van der Waals surface area contributed by atoms with Crippen LogP contribution in [0, 0.1) is 5.41 Å². The van der Waals surface area contributed by atoms with Crippen LogP contribution in [0.3, 0.4) is 0 Å². The molecule has 17 heavy (non-hydrogen) atoms. The molecular weight excluding hydrogens is 212 g/mol. The van der Waals surface area contributed by atoms with Crippen LogP contribution < -0.4 is 10.6 Å². The molecule has 3 heteroatoms. The Balaban J connectivity index is 1.53. The van der Waals surface area contributed by atoms with Gasteiger partial charge in [-0.3, -0.25) is 4.79 Å². The van der Waals surface area contributed by atoms with E-state index in [0.717, 1.165) is 19.0 Å². The number of piperidine rings is 1. The molecule has 3 aliphatic rings. The maximum absolute atomic E-state index is 11.1. The van der Waals surface area contributed by atoms with Crippen LogP contribution in [0.2, 0.25) is 0 Å². The summed E-state index contributed by atoms with van der Waals surface area (Å²) < 4.78 is 0. The molecule has 2 unspecified atom stereocenters. The Kier molecular flexibility index (Phi) is 3.12. The smallest absolute Gasteiger partial charge is 0.220 e. The van der Waals surface area contributed by atoms with Crippen molar-refractivity contribution in [2.24, 2.45) is 5.41 Å². The number of carbonyl (C=O) groups is 1. The summed E-state index contributed by atoms with van der Waals surface area (Å²) >= 11 is 0. The lowest BCUT2D eigenvalue weighted by molar-refractivity contribution is -0.122. The van der Waals surface area contributed by atoms with Crippen molar-refractivity contribution in [2.75, 3.05) is 6.54 Å². The van der Waals surface area contributed by atoms with Gasteiger partial charge in [0, 0.05) is 25.0 Å². The molecule has 2 aliphatic carbocycles. The molecule has 3 fully saturated rings. The SMILES string of the molecule is O=C1CCC(NC2CCC23CCCCC3)CN1. The third-order valence-corrected chi connectivity index (χ3v) is 5.22. The molecule has 0 aromatic carbocycles. The molecule has 1 spiro atoms. The average molecular weight is 236 g/mol. The second kappa shape index (κ2) is 4.60. The maximum Gasteiger partial charge on any atom is 0.220 e. The number of carbonyl (C=O) groups excluding carboxylic acids is 1. The van der Waals surface area contributed by atoms with E-state index in [9.17, 15) is 4.79 Å². The van der Waals surface area contributed by atoms with Crippen molar-refractivity contribution >= 4 is 5.91 Å². The molecule has 1 heterocycles. The quantitative estimate of drug-likeness (QED) is 0.769. The van der Waals surface area contributed by atoms with Gasteiger partial charge in [-0.25, -0.2) is 0 Å². The summed E-state index contributed by atoms with van der Waals surface area (Å²) in [5.74, 6) is 0.226. The minimum absolute atomic E-state index is 0.226. The molecule has 3 nitrogen and oxygen atoms in total. The van der Waals surface area contributed by atoms with Crippen molar-refractivity contribution < 1.29 is 4.79 Å². The molecule has 0 aromatic rings. The van der Waals surface area contributed by atoms with Crippen LogP contribution in [0.4, 0.5) is 0 Å². The van der Waals surface area contributed by atoms with E-state index in [1.807, 2.05) is 0 Å². The summed E-state index contributed by atoms with van der Waals surface area (Å²) in [5.41, 5.74) is 0.639. The fraction of sp³-hybridized carbons (Fsp3) is 0.929. The molecule has 2 saturated carbocycles. The summed E-state index contributed by atoms with van der Waals surface area (Å²) in [4.78, 5) is 11.1. The lowest BCUT2D eigenvalue weighted by Gasteiger charge is -2.54.